The quantitative estimate of drug-likeness (QED) is 0.132. The lowest BCUT2D eigenvalue weighted by Crippen LogP contribution is -2.65. The van der Waals surface area contributed by atoms with E-state index in [1.54, 1.807) is 44.9 Å². The van der Waals surface area contributed by atoms with Gasteiger partial charge in [0.25, 0.3) is 0 Å². The molecule has 338 valence electrons. The molecule has 0 spiro atoms. The van der Waals surface area contributed by atoms with Gasteiger partial charge in [-0.3, -0.25) is 18.1 Å². The van der Waals surface area contributed by atoms with Crippen LogP contribution in [0, 0.1) is 0 Å². The van der Waals surface area contributed by atoms with Crippen molar-refractivity contribution in [2.24, 2.45) is 30.0 Å². The molecule has 16 nitrogen and oxygen atoms in total. The number of aliphatic imine (C=N–C) groups is 4. The molecule has 0 saturated heterocycles. The Morgan fingerprint density at radius 2 is 0.783 bits per heavy atom. The number of fused-ring (bicyclic) bond motifs is 14. The van der Waals surface area contributed by atoms with E-state index in [1.807, 2.05) is 97.1 Å². The summed E-state index contributed by atoms with van der Waals surface area (Å²) in [5, 5.41) is 2.44. The molecule has 8 aromatic rings. The van der Waals surface area contributed by atoms with Crippen LogP contribution < -0.4 is 29.9 Å². The van der Waals surface area contributed by atoms with E-state index in [2.05, 4.69) is 0 Å². The van der Waals surface area contributed by atoms with E-state index in [1.165, 1.54) is 28.4 Å². The van der Waals surface area contributed by atoms with Crippen LogP contribution >= 0.6 is 0 Å². The van der Waals surface area contributed by atoms with Gasteiger partial charge < -0.3 is 27.8 Å². The normalized spacial score (nSPS) is 14.4. The number of hydrogen-bond donors (Lipinski definition) is 0. The zero-order chi connectivity index (χ0) is 47.0. The van der Waals surface area contributed by atoms with Crippen LogP contribution in [0.25, 0.3) is 21.5 Å². The van der Waals surface area contributed by atoms with Gasteiger partial charge >= 0.3 is 20.8 Å². The Kier molecular flexibility index (Phi) is 9.69. The van der Waals surface area contributed by atoms with Crippen molar-refractivity contribution in [2.45, 2.75) is 12.8 Å². The molecular weight excluding hydrogens is 893 g/mol. The first-order valence-corrected chi connectivity index (χ1v) is 23.6. The standard InChI is InChI=1S/C52H38N8O8Si/c1-63-39-23-21-29(25-41(39)65-3)27-43(61)67-69(68-44(62)28-30-22-24-40(64-2)42(26-30)66-4)59-49-35-17-9-10-18-36(35)51(59)57-47-33-15-7-8-16-34(33)48(54-47)58-52-38-20-12-11-19-37(38)50(60(52)69)56-46-32-14-6-5-13-31(32)45(53-46)55-49/h5-26H,27-28H2,1-4H3. The van der Waals surface area contributed by atoms with Crippen LogP contribution in [0.3, 0.4) is 0 Å². The largest absolute Gasteiger partial charge is 0.742 e. The van der Waals surface area contributed by atoms with E-state index < -0.39 is 20.8 Å². The Morgan fingerprint density at radius 3 is 1.17 bits per heavy atom. The molecule has 0 radical (unpaired) electrons. The average Bonchev–Trinajstić information content (AvgIpc) is 4.09. The first-order chi connectivity index (χ1) is 33.8. The van der Waals surface area contributed by atoms with E-state index in [0.717, 1.165) is 22.3 Å². The Balaban J connectivity index is 1.24. The summed E-state index contributed by atoms with van der Waals surface area (Å²) >= 11 is 0. The first kappa shape index (κ1) is 41.5. The van der Waals surface area contributed by atoms with Gasteiger partial charge in [-0.25, -0.2) is 30.0 Å². The van der Waals surface area contributed by atoms with Gasteiger partial charge in [-0.2, -0.15) is 0 Å². The number of carbonyl (C=O) groups excluding carboxylic acids is 2. The average molecular weight is 931 g/mol. The van der Waals surface area contributed by atoms with Crippen molar-refractivity contribution in [3.63, 3.8) is 0 Å². The second-order valence-corrected chi connectivity index (χ2v) is 18.7. The number of aromatic nitrogens is 2. The van der Waals surface area contributed by atoms with Crippen LogP contribution in [0.4, 0.5) is 11.6 Å². The third-order valence-corrected chi connectivity index (χ3v) is 15.4. The molecular formula is C52H38N8O8Si. The highest BCUT2D eigenvalue weighted by Gasteiger charge is 2.59. The highest BCUT2D eigenvalue weighted by atomic mass is 28.4. The van der Waals surface area contributed by atoms with Gasteiger partial charge in [-0.1, -0.05) is 109 Å². The molecule has 4 aliphatic rings. The molecule has 0 N–H and O–H groups in total. The van der Waals surface area contributed by atoms with E-state index >= 15 is 9.59 Å². The zero-order valence-electron chi connectivity index (χ0n) is 37.5. The number of rotatable bonds is 10. The van der Waals surface area contributed by atoms with Crippen LogP contribution in [0.2, 0.25) is 0 Å². The van der Waals surface area contributed by atoms with Gasteiger partial charge in [0.05, 0.1) is 41.3 Å². The minimum Gasteiger partial charge on any atom is -0.493 e. The summed E-state index contributed by atoms with van der Waals surface area (Å²) in [7, 11) is 0.895. The number of nitrogens with zero attached hydrogens (tertiary/aromatic N) is 8. The lowest BCUT2D eigenvalue weighted by Gasteiger charge is -2.32. The van der Waals surface area contributed by atoms with E-state index in [0.29, 0.717) is 79.0 Å². The molecule has 0 aliphatic carbocycles. The number of amidine groups is 4. The Bertz CT molecular complexity index is 3580. The fraction of sp³-hybridized carbons (Fsp3) is 0.115. The molecule has 2 aromatic heterocycles. The second-order valence-electron chi connectivity index (χ2n) is 16.3. The van der Waals surface area contributed by atoms with Crippen molar-refractivity contribution < 1.29 is 37.4 Å². The van der Waals surface area contributed by atoms with E-state index in [-0.39, 0.29) is 35.5 Å². The maximum absolute atomic E-state index is 15.4. The van der Waals surface area contributed by atoms with Gasteiger partial charge in [0, 0.05) is 43.8 Å². The smallest absolute Gasteiger partial charge is 0.493 e. The minimum absolute atomic E-state index is 0.261. The summed E-state index contributed by atoms with van der Waals surface area (Å²) in [5.41, 5.74) is 4.49. The molecule has 69 heavy (non-hydrogen) atoms. The van der Waals surface area contributed by atoms with Crippen LogP contribution in [-0.4, -0.2) is 81.1 Å². The van der Waals surface area contributed by atoms with Crippen LogP contribution in [0.5, 0.6) is 23.0 Å². The summed E-state index contributed by atoms with van der Waals surface area (Å²) in [5.74, 6) is 2.18. The SMILES string of the molecule is COc1ccc(CC(=O)O[Si]2(OC(=O)Cc3ccc(OC)c(OC)c3)n3c4c5ccccc5c3N=C3N=C(N=c5c6ccccc6c(n52)=NC2=NC(=N4)c4ccccc42)c2ccccc23)cc1OC. The molecule has 0 atom stereocenters. The van der Waals surface area contributed by atoms with Crippen molar-refractivity contribution in [1.82, 2.24) is 8.47 Å². The fourth-order valence-corrected chi connectivity index (χ4v) is 12.4. The molecule has 17 heteroatoms. The van der Waals surface area contributed by atoms with Gasteiger partial charge in [-0.15, -0.1) is 0 Å². The lowest BCUT2D eigenvalue weighted by molar-refractivity contribution is -0.141. The molecule has 12 rings (SSSR count). The van der Waals surface area contributed by atoms with Crippen LogP contribution in [0.1, 0.15) is 33.4 Å². The van der Waals surface area contributed by atoms with Crippen molar-refractivity contribution in [3.8, 4) is 23.0 Å². The maximum Gasteiger partial charge on any atom is 0.742 e. The highest BCUT2D eigenvalue weighted by molar-refractivity contribution is 6.69. The summed E-state index contributed by atoms with van der Waals surface area (Å²) in [6.07, 6.45) is -0.570. The van der Waals surface area contributed by atoms with Gasteiger partial charge in [0.15, 0.2) is 46.3 Å². The molecule has 0 fully saturated rings. The Hall–Kier alpha value is -8.96. The summed E-state index contributed by atoms with van der Waals surface area (Å²) in [6.45, 7) is 0. The van der Waals surface area contributed by atoms with E-state index in [4.69, 9.17) is 57.8 Å². The van der Waals surface area contributed by atoms with Crippen LogP contribution in [-0.2, 0) is 31.3 Å². The summed E-state index contributed by atoms with van der Waals surface area (Å²) < 4.78 is 40.0. The highest BCUT2D eigenvalue weighted by Crippen LogP contribution is 2.44. The topological polar surface area (TPSA) is 174 Å². The molecule has 6 bridgehead atoms. The number of hydrogen-bond acceptors (Lipinski definition) is 14. The number of carbonyl (C=O) groups is 2. The van der Waals surface area contributed by atoms with Crippen molar-refractivity contribution in [1.29, 1.82) is 0 Å². The number of benzene rings is 6. The fourth-order valence-electron chi connectivity index (χ4n) is 9.32. The lowest BCUT2D eigenvalue weighted by atomic mass is 10.1. The minimum atomic E-state index is -5.21. The zero-order valence-corrected chi connectivity index (χ0v) is 38.5. The molecule has 4 aliphatic heterocycles. The molecule has 6 heterocycles. The summed E-state index contributed by atoms with van der Waals surface area (Å²) in [4.78, 5) is 62.4. The second kappa shape index (κ2) is 16.1. The Morgan fingerprint density at radius 1 is 0.420 bits per heavy atom. The number of methoxy groups -OCH3 is 4. The predicted octanol–water partition coefficient (Wildman–Crippen LogP) is 6.98. The molecule has 0 amide bonds. The third-order valence-electron chi connectivity index (χ3n) is 12.4. The van der Waals surface area contributed by atoms with Gasteiger partial charge in [-0.05, 0) is 35.4 Å². The first-order valence-electron chi connectivity index (χ1n) is 21.9. The monoisotopic (exact) mass is 930 g/mol. The predicted molar refractivity (Wildman–Crippen MR) is 260 cm³/mol. The molecule has 0 saturated carbocycles. The van der Waals surface area contributed by atoms with E-state index in [9.17, 15) is 0 Å². The van der Waals surface area contributed by atoms with Crippen molar-refractivity contribution in [2.75, 3.05) is 28.4 Å². The van der Waals surface area contributed by atoms with Crippen LogP contribution in [0.15, 0.2) is 163 Å². The maximum atomic E-state index is 15.4. The van der Waals surface area contributed by atoms with Gasteiger partial charge in [0.1, 0.15) is 22.6 Å². The third kappa shape index (κ3) is 6.57. The van der Waals surface area contributed by atoms with Gasteiger partial charge in [0.2, 0.25) is 0 Å². The van der Waals surface area contributed by atoms with Crippen molar-refractivity contribution >= 4 is 77.3 Å². The Labute approximate surface area is 393 Å². The van der Waals surface area contributed by atoms with Crippen molar-refractivity contribution in [3.05, 3.63) is 178 Å². The number of ether oxygens (including phenoxy) is 4. The molecule has 0 unspecified atom stereocenters. The molecule has 6 aromatic carbocycles. The summed E-state index contributed by atoms with van der Waals surface area (Å²) in [6, 6.07) is 40.9.